The summed E-state index contributed by atoms with van der Waals surface area (Å²) in [5.74, 6) is -1.75. The van der Waals surface area contributed by atoms with E-state index < -0.39 is 30.2 Å². The SMILES string of the molecule is Cc1ccccc1OCC(=O)NC(CC(=O)O)c1ccc(Cl)c(F)c1. The fraction of sp³-hybridized carbons (Fsp3) is 0.222. The number of hydrogen-bond acceptors (Lipinski definition) is 3. The van der Waals surface area contributed by atoms with Crippen molar-refractivity contribution in [3.63, 3.8) is 0 Å². The van der Waals surface area contributed by atoms with Gasteiger partial charge in [0, 0.05) is 0 Å². The van der Waals surface area contributed by atoms with Gasteiger partial charge in [-0.2, -0.15) is 0 Å². The van der Waals surface area contributed by atoms with Gasteiger partial charge in [-0.25, -0.2) is 4.39 Å². The summed E-state index contributed by atoms with van der Waals surface area (Å²) in [5.41, 5.74) is 1.19. The molecule has 132 valence electrons. The lowest BCUT2D eigenvalue weighted by molar-refractivity contribution is -0.137. The second kappa shape index (κ2) is 8.48. The van der Waals surface area contributed by atoms with Crippen LogP contribution in [0.4, 0.5) is 4.39 Å². The number of aryl methyl sites for hydroxylation is 1. The van der Waals surface area contributed by atoms with Crippen molar-refractivity contribution >= 4 is 23.5 Å². The van der Waals surface area contributed by atoms with E-state index in [1.54, 1.807) is 12.1 Å². The highest BCUT2D eigenvalue weighted by atomic mass is 35.5. The number of carboxylic acids is 1. The molecule has 0 bridgehead atoms. The molecule has 0 saturated carbocycles. The van der Waals surface area contributed by atoms with Gasteiger partial charge in [-0.15, -0.1) is 0 Å². The zero-order valence-corrected chi connectivity index (χ0v) is 14.2. The third-order valence-corrected chi connectivity index (χ3v) is 3.82. The molecule has 0 heterocycles. The van der Waals surface area contributed by atoms with Gasteiger partial charge in [-0.05, 0) is 36.2 Å². The van der Waals surface area contributed by atoms with Crippen LogP contribution in [0.15, 0.2) is 42.5 Å². The van der Waals surface area contributed by atoms with Gasteiger partial charge in [0.05, 0.1) is 17.5 Å². The molecule has 0 aliphatic rings. The summed E-state index contributed by atoms with van der Waals surface area (Å²) in [6.07, 6.45) is -0.392. The Hall–Kier alpha value is -2.60. The number of amides is 1. The highest BCUT2D eigenvalue weighted by Crippen LogP contribution is 2.23. The minimum atomic E-state index is -1.12. The predicted molar refractivity (Wildman–Crippen MR) is 91.2 cm³/mol. The number of rotatable bonds is 7. The largest absolute Gasteiger partial charge is 0.484 e. The Labute approximate surface area is 149 Å². The normalized spacial score (nSPS) is 11.6. The molecule has 5 nitrogen and oxygen atoms in total. The molecule has 25 heavy (non-hydrogen) atoms. The molecule has 1 atom stereocenters. The standard InChI is InChI=1S/C18H17ClFNO4/c1-11-4-2-3-5-16(11)25-10-17(22)21-15(9-18(23)24)12-6-7-13(19)14(20)8-12/h2-8,15H,9-10H2,1H3,(H,21,22)(H,23,24). The number of carbonyl (C=O) groups excluding carboxylic acids is 1. The summed E-state index contributed by atoms with van der Waals surface area (Å²) in [5, 5.41) is 11.5. The van der Waals surface area contributed by atoms with Crippen LogP contribution in [0, 0.1) is 12.7 Å². The zero-order chi connectivity index (χ0) is 18.4. The van der Waals surface area contributed by atoms with E-state index >= 15 is 0 Å². The highest BCUT2D eigenvalue weighted by Gasteiger charge is 2.19. The van der Waals surface area contributed by atoms with Gasteiger partial charge in [0.25, 0.3) is 5.91 Å². The maximum absolute atomic E-state index is 13.6. The highest BCUT2D eigenvalue weighted by molar-refractivity contribution is 6.30. The topological polar surface area (TPSA) is 75.6 Å². The van der Waals surface area contributed by atoms with Crippen molar-refractivity contribution < 1.29 is 23.8 Å². The van der Waals surface area contributed by atoms with Crippen molar-refractivity contribution in [1.82, 2.24) is 5.32 Å². The Balaban J connectivity index is 2.05. The second-order valence-electron chi connectivity index (χ2n) is 5.45. The number of carbonyl (C=O) groups is 2. The number of nitrogens with one attached hydrogen (secondary N) is 1. The Morgan fingerprint density at radius 1 is 1.28 bits per heavy atom. The van der Waals surface area contributed by atoms with Crippen molar-refractivity contribution in [3.05, 3.63) is 64.4 Å². The lowest BCUT2D eigenvalue weighted by Gasteiger charge is -2.18. The minimum Gasteiger partial charge on any atom is -0.484 e. The van der Waals surface area contributed by atoms with Gasteiger partial charge in [0.15, 0.2) is 6.61 Å². The van der Waals surface area contributed by atoms with Crippen LogP contribution in [0.5, 0.6) is 5.75 Å². The van der Waals surface area contributed by atoms with Crippen molar-refractivity contribution in [3.8, 4) is 5.75 Å². The molecule has 2 N–H and O–H groups in total. The van der Waals surface area contributed by atoms with Crippen LogP contribution in [0.25, 0.3) is 0 Å². The fourth-order valence-electron chi connectivity index (χ4n) is 2.25. The summed E-state index contributed by atoms with van der Waals surface area (Å²) in [6.45, 7) is 1.56. The molecule has 2 aromatic carbocycles. The van der Waals surface area contributed by atoms with E-state index in [0.717, 1.165) is 11.6 Å². The van der Waals surface area contributed by atoms with Gasteiger partial charge in [-0.3, -0.25) is 9.59 Å². The van der Waals surface area contributed by atoms with E-state index in [4.69, 9.17) is 21.4 Å². The molecule has 0 aliphatic heterocycles. The minimum absolute atomic E-state index is 0.0768. The van der Waals surface area contributed by atoms with Crippen LogP contribution in [0.3, 0.4) is 0 Å². The quantitative estimate of drug-likeness (QED) is 0.787. The van der Waals surface area contributed by atoms with E-state index in [0.29, 0.717) is 11.3 Å². The molecule has 0 radical (unpaired) electrons. The van der Waals surface area contributed by atoms with Crippen molar-refractivity contribution in [2.45, 2.75) is 19.4 Å². The van der Waals surface area contributed by atoms with Crippen molar-refractivity contribution in [2.75, 3.05) is 6.61 Å². The first-order chi connectivity index (χ1) is 11.9. The molecule has 1 amide bonds. The number of carboxylic acid groups (broad SMARTS) is 1. The Kier molecular flexibility index (Phi) is 6.36. The van der Waals surface area contributed by atoms with E-state index in [1.165, 1.54) is 12.1 Å². The lowest BCUT2D eigenvalue weighted by atomic mass is 10.0. The van der Waals surface area contributed by atoms with E-state index in [1.807, 2.05) is 19.1 Å². The maximum Gasteiger partial charge on any atom is 0.305 e. The van der Waals surface area contributed by atoms with Crippen LogP contribution < -0.4 is 10.1 Å². The molecule has 2 rings (SSSR count). The number of benzene rings is 2. The third kappa shape index (κ3) is 5.46. The van der Waals surface area contributed by atoms with Crippen molar-refractivity contribution in [1.29, 1.82) is 0 Å². The van der Waals surface area contributed by atoms with E-state index in [-0.39, 0.29) is 11.6 Å². The monoisotopic (exact) mass is 365 g/mol. The number of aliphatic carboxylic acids is 1. The van der Waals surface area contributed by atoms with Crippen LogP contribution in [0.1, 0.15) is 23.6 Å². The smallest absolute Gasteiger partial charge is 0.305 e. The van der Waals surface area contributed by atoms with Crippen LogP contribution >= 0.6 is 11.6 Å². The predicted octanol–water partition coefficient (Wildman–Crippen LogP) is 3.50. The van der Waals surface area contributed by atoms with E-state index in [2.05, 4.69) is 5.32 Å². The first kappa shape index (κ1) is 18.7. The van der Waals surface area contributed by atoms with Gasteiger partial charge in [0.2, 0.25) is 0 Å². The van der Waals surface area contributed by atoms with Gasteiger partial charge >= 0.3 is 5.97 Å². The van der Waals surface area contributed by atoms with E-state index in [9.17, 15) is 14.0 Å². The molecule has 0 saturated heterocycles. The molecule has 0 spiro atoms. The molecule has 7 heteroatoms. The molecular weight excluding hydrogens is 349 g/mol. The second-order valence-corrected chi connectivity index (χ2v) is 5.85. The molecular formula is C18H17ClFNO4. The van der Waals surface area contributed by atoms with Crippen LogP contribution in [0.2, 0.25) is 5.02 Å². The Morgan fingerprint density at radius 2 is 2.00 bits per heavy atom. The van der Waals surface area contributed by atoms with Gasteiger partial charge in [0.1, 0.15) is 11.6 Å². The van der Waals surface area contributed by atoms with Gasteiger partial charge in [-0.1, -0.05) is 35.9 Å². The summed E-state index contributed by atoms with van der Waals surface area (Å²) >= 11 is 5.63. The number of para-hydroxylation sites is 1. The van der Waals surface area contributed by atoms with Crippen LogP contribution in [-0.2, 0) is 9.59 Å². The molecule has 0 aromatic heterocycles. The summed E-state index contributed by atoms with van der Waals surface area (Å²) in [6, 6.07) is 10.2. The maximum atomic E-state index is 13.6. The Morgan fingerprint density at radius 3 is 2.64 bits per heavy atom. The third-order valence-electron chi connectivity index (χ3n) is 3.51. The summed E-state index contributed by atoms with van der Waals surface area (Å²) in [4.78, 5) is 23.1. The Bertz CT molecular complexity index is 781. The number of halogens is 2. The average molecular weight is 366 g/mol. The van der Waals surface area contributed by atoms with Crippen LogP contribution in [-0.4, -0.2) is 23.6 Å². The number of ether oxygens (including phenoxy) is 1. The first-order valence-electron chi connectivity index (χ1n) is 7.51. The fourth-order valence-corrected chi connectivity index (χ4v) is 2.37. The zero-order valence-electron chi connectivity index (χ0n) is 13.5. The first-order valence-corrected chi connectivity index (χ1v) is 7.89. The molecule has 2 aromatic rings. The molecule has 0 fully saturated rings. The summed E-state index contributed by atoms with van der Waals surface area (Å²) < 4.78 is 19.0. The number of hydrogen-bond donors (Lipinski definition) is 2. The van der Waals surface area contributed by atoms with Crippen molar-refractivity contribution in [2.24, 2.45) is 0 Å². The van der Waals surface area contributed by atoms with Gasteiger partial charge < -0.3 is 15.2 Å². The summed E-state index contributed by atoms with van der Waals surface area (Å²) in [7, 11) is 0. The molecule has 1 unspecified atom stereocenters. The average Bonchev–Trinajstić information content (AvgIpc) is 2.55. The lowest BCUT2D eigenvalue weighted by Crippen LogP contribution is -2.34. The molecule has 0 aliphatic carbocycles.